The number of rotatable bonds is 5. The smallest absolute Gasteiger partial charge is 0.434 e. The van der Waals surface area contributed by atoms with E-state index in [4.69, 9.17) is 21.1 Å². The molecule has 0 aliphatic carbocycles. The minimum atomic E-state index is -5.00. The molecule has 1 aliphatic heterocycles. The second kappa shape index (κ2) is 10.9. The Morgan fingerprint density at radius 2 is 1.89 bits per heavy atom. The Morgan fingerprint density at radius 1 is 1.21 bits per heavy atom. The molecule has 198 valence electrons. The third-order valence-corrected chi connectivity index (χ3v) is 7.14. The first kappa shape index (κ1) is 27.8. The summed E-state index contributed by atoms with van der Waals surface area (Å²) < 4.78 is 54.0. The van der Waals surface area contributed by atoms with Crippen molar-refractivity contribution in [3.05, 3.63) is 94.0 Å². The van der Waals surface area contributed by atoms with E-state index < -0.39 is 41.0 Å². The summed E-state index contributed by atoms with van der Waals surface area (Å²) in [6, 6.07) is 8.98. The number of fused-ring (bicyclic) bond motifs is 1. The molecule has 4 rings (SSSR count). The van der Waals surface area contributed by atoms with Crippen LogP contribution >= 0.6 is 38.9 Å². The van der Waals surface area contributed by atoms with Gasteiger partial charge in [-0.25, -0.2) is 9.79 Å². The van der Waals surface area contributed by atoms with Crippen molar-refractivity contribution in [3.63, 3.8) is 0 Å². The number of allylic oxidation sites excluding steroid dienone is 1. The number of hydrogen-bond donors (Lipinski definition) is 0. The van der Waals surface area contributed by atoms with Crippen LogP contribution in [0.5, 0.6) is 5.75 Å². The molecule has 3 aromatic rings. The van der Waals surface area contributed by atoms with Crippen LogP contribution in [0, 0.1) is 0 Å². The quantitative estimate of drug-likeness (QED) is 0.302. The number of carbonyl (C=O) groups is 2. The molecule has 0 radical (unpaired) electrons. The number of benzene rings is 2. The van der Waals surface area contributed by atoms with Crippen LogP contribution in [0.1, 0.15) is 31.0 Å². The summed E-state index contributed by atoms with van der Waals surface area (Å²) in [5, 5.41) is 0.321. The number of thiazole rings is 1. The third-order valence-electron chi connectivity index (χ3n) is 5.29. The lowest BCUT2D eigenvalue weighted by Crippen LogP contribution is -2.41. The summed E-state index contributed by atoms with van der Waals surface area (Å²) in [4.78, 5) is 41.1. The van der Waals surface area contributed by atoms with Crippen molar-refractivity contribution >= 4 is 56.9 Å². The van der Waals surface area contributed by atoms with Crippen LogP contribution in [0.3, 0.4) is 0 Å². The zero-order valence-electron chi connectivity index (χ0n) is 19.6. The van der Waals surface area contributed by atoms with Crippen molar-refractivity contribution in [1.29, 1.82) is 0 Å². The lowest BCUT2D eigenvalue weighted by atomic mass is 9.95. The Bertz CT molecular complexity index is 1640. The van der Waals surface area contributed by atoms with E-state index in [9.17, 15) is 27.6 Å². The van der Waals surface area contributed by atoms with E-state index >= 15 is 0 Å². The zero-order valence-corrected chi connectivity index (χ0v) is 22.8. The van der Waals surface area contributed by atoms with E-state index in [1.54, 1.807) is 12.1 Å². The molecule has 0 fully saturated rings. The van der Waals surface area contributed by atoms with Crippen molar-refractivity contribution < 1.29 is 32.2 Å². The molecular weight excluding hydrogens is 613 g/mol. The lowest BCUT2D eigenvalue weighted by molar-refractivity contribution is -0.140. The maximum Gasteiger partial charge on any atom is 0.434 e. The molecule has 38 heavy (non-hydrogen) atoms. The summed E-state index contributed by atoms with van der Waals surface area (Å²) in [5.41, 5.74) is -2.17. The Kier molecular flexibility index (Phi) is 7.96. The molecule has 0 unspecified atom stereocenters. The van der Waals surface area contributed by atoms with Gasteiger partial charge in [-0.3, -0.25) is 14.2 Å². The summed E-state index contributed by atoms with van der Waals surface area (Å²) in [6.07, 6.45) is -3.54. The fourth-order valence-electron chi connectivity index (χ4n) is 3.80. The Labute approximate surface area is 230 Å². The third kappa shape index (κ3) is 5.62. The standard InChI is InChI=1S/C25H17BrClF3N2O5S/c1-3-36-23(35)19-20(14-5-7-15(27)8-6-14)32-22(34)18(38-24(32)31-21(19)25(28,29)30)11-13-4-9-17(16(26)10-13)37-12(2)33/h4-11,20H,3H2,1-2H3/b18-11-/t20-/m0/s1. The van der Waals surface area contributed by atoms with Crippen molar-refractivity contribution in [2.45, 2.75) is 26.1 Å². The largest absolute Gasteiger partial charge is 0.463 e. The lowest BCUT2D eigenvalue weighted by Gasteiger charge is -2.26. The van der Waals surface area contributed by atoms with Crippen LogP contribution in [-0.4, -0.2) is 29.3 Å². The van der Waals surface area contributed by atoms with E-state index in [2.05, 4.69) is 20.9 Å². The topological polar surface area (TPSA) is 87.0 Å². The highest BCUT2D eigenvalue weighted by Gasteiger charge is 2.45. The van der Waals surface area contributed by atoms with E-state index in [0.717, 1.165) is 15.9 Å². The molecule has 2 aromatic carbocycles. The molecule has 1 aromatic heterocycles. The van der Waals surface area contributed by atoms with Crippen molar-refractivity contribution in [1.82, 2.24) is 4.57 Å². The normalized spacial score (nSPS) is 15.7. The molecule has 1 aliphatic rings. The first-order chi connectivity index (χ1) is 17.9. The fourth-order valence-corrected chi connectivity index (χ4v) is 5.40. The molecule has 1 atom stereocenters. The Hall–Kier alpha value is -3.22. The highest BCUT2D eigenvalue weighted by atomic mass is 79.9. The maximum atomic E-state index is 14.2. The molecule has 0 saturated carbocycles. The van der Waals surface area contributed by atoms with Crippen LogP contribution in [0.2, 0.25) is 5.02 Å². The van der Waals surface area contributed by atoms with E-state index in [-0.39, 0.29) is 27.3 Å². The molecule has 2 heterocycles. The Morgan fingerprint density at radius 3 is 2.47 bits per heavy atom. The second-order valence-electron chi connectivity index (χ2n) is 7.90. The predicted octanol–water partition coefficient (Wildman–Crippen LogP) is 4.68. The van der Waals surface area contributed by atoms with Gasteiger partial charge in [0.2, 0.25) is 0 Å². The number of halogens is 5. The SMILES string of the molecule is CCOC(=O)C1=C(C(F)(F)F)N=c2s/c(=C\c3ccc(OC(C)=O)c(Br)c3)c(=O)n2[C@H]1c1ccc(Cl)cc1. The maximum absolute atomic E-state index is 14.2. The highest BCUT2D eigenvalue weighted by Crippen LogP contribution is 2.38. The van der Waals surface area contributed by atoms with Crippen LogP contribution in [0.4, 0.5) is 13.2 Å². The molecule has 0 saturated heterocycles. The van der Waals surface area contributed by atoms with Crippen molar-refractivity contribution in [2.75, 3.05) is 6.61 Å². The number of nitrogens with zero attached hydrogens (tertiary/aromatic N) is 2. The van der Waals surface area contributed by atoms with Gasteiger partial charge in [0.15, 0.2) is 10.5 Å². The number of hydrogen-bond acceptors (Lipinski definition) is 7. The number of aromatic nitrogens is 1. The summed E-state index contributed by atoms with van der Waals surface area (Å²) in [7, 11) is 0. The van der Waals surface area contributed by atoms with E-state index in [1.807, 2.05) is 0 Å². The van der Waals surface area contributed by atoms with Gasteiger partial charge >= 0.3 is 18.1 Å². The molecule has 7 nitrogen and oxygen atoms in total. The molecule has 0 spiro atoms. The highest BCUT2D eigenvalue weighted by molar-refractivity contribution is 9.10. The van der Waals surface area contributed by atoms with Crippen LogP contribution in [0.15, 0.2) is 68.0 Å². The van der Waals surface area contributed by atoms with Crippen molar-refractivity contribution in [2.24, 2.45) is 4.99 Å². The van der Waals surface area contributed by atoms with Crippen LogP contribution < -0.4 is 19.6 Å². The minimum absolute atomic E-state index is 0.0708. The summed E-state index contributed by atoms with van der Waals surface area (Å²) >= 11 is 10.0. The predicted molar refractivity (Wildman–Crippen MR) is 138 cm³/mol. The molecule has 0 amide bonds. The van der Waals surface area contributed by atoms with Gasteiger partial charge in [0.25, 0.3) is 5.56 Å². The first-order valence-corrected chi connectivity index (χ1v) is 12.9. The monoisotopic (exact) mass is 628 g/mol. The zero-order chi connectivity index (χ0) is 27.8. The minimum Gasteiger partial charge on any atom is -0.463 e. The van der Waals surface area contributed by atoms with Gasteiger partial charge in [-0.05, 0) is 64.3 Å². The van der Waals surface area contributed by atoms with Crippen LogP contribution in [0.25, 0.3) is 6.08 Å². The van der Waals surface area contributed by atoms with E-state index in [1.165, 1.54) is 50.3 Å². The van der Waals surface area contributed by atoms with Gasteiger partial charge in [0.05, 0.1) is 27.2 Å². The average Bonchev–Trinajstić information content (AvgIpc) is 3.14. The number of alkyl halides is 3. The van der Waals surface area contributed by atoms with Gasteiger partial charge in [-0.1, -0.05) is 41.1 Å². The van der Waals surface area contributed by atoms with Gasteiger partial charge in [0, 0.05) is 11.9 Å². The Balaban J connectivity index is 1.97. The molecular formula is C25H17BrClF3N2O5S. The van der Waals surface area contributed by atoms with Gasteiger partial charge < -0.3 is 9.47 Å². The van der Waals surface area contributed by atoms with Gasteiger partial charge in [0.1, 0.15) is 5.75 Å². The summed E-state index contributed by atoms with van der Waals surface area (Å²) in [6.45, 7) is 2.53. The first-order valence-electron chi connectivity index (χ1n) is 10.9. The molecule has 13 heteroatoms. The van der Waals surface area contributed by atoms with Gasteiger partial charge in [-0.15, -0.1) is 0 Å². The molecule has 0 N–H and O–H groups in total. The number of carbonyl (C=O) groups excluding carboxylic acids is 2. The van der Waals surface area contributed by atoms with Gasteiger partial charge in [-0.2, -0.15) is 13.2 Å². The van der Waals surface area contributed by atoms with Crippen molar-refractivity contribution in [3.8, 4) is 5.75 Å². The molecule has 0 bridgehead atoms. The average molecular weight is 630 g/mol. The summed E-state index contributed by atoms with van der Waals surface area (Å²) in [5.74, 6) is -1.50. The number of ether oxygens (including phenoxy) is 2. The number of esters is 2. The van der Waals surface area contributed by atoms with E-state index in [0.29, 0.717) is 15.1 Å². The fraction of sp³-hybridized carbons (Fsp3) is 0.200. The van der Waals surface area contributed by atoms with Crippen LogP contribution in [-0.2, 0) is 14.3 Å². The second-order valence-corrected chi connectivity index (χ2v) is 10.2.